The number of hydrogen-bond acceptors (Lipinski definition) is 3. The maximum Gasteiger partial charge on any atom is 0.258 e. The summed E-state index contributed by atoms with van der Waals surface area (Å²) in [4.78, 5) is 19.5. The number of aromatic nitrogens is 1. The minimum absolute atomic E-state index is 0.00259. The van der Waals surface area contributed by atoms with E-state index in [9.17, 15) is 9.18 Å². The van der Waals surface area contributed by atoms with Gasteiger partial charge in [-0.1, -0.05) is 6.07 Å². The zero-order valence-corrected chi connectivity index (χ0v) is 17.2. The Morgan fingerprint density at radius 1 is 1.25 bits per heavy atom. The summed E-state index contributed by atoms with van der Waals surface area (Å²) >= 11 is 3.12. The van der Waals surface area contributed by atoms with Gasteiger partial charge in [0.15, 0.2) is 0 Å². The lowest BCUT2D eigenvalue weighted by molar-refractivity contribution is 0.102. The van der Waals surface area contributed by atoms with E-state index in [4.69, 9.17) is 0 Å². The Hall–Kier alpha value is -2.31. The standard InChI is InChI=1S/C22H21BrFN3O/c1-14-9-16-10-15(13-27-7-2-3-8-27)12-25-20(16)11-19(14)26-22(28)17-5-4-6-18(23)21(17)24/h4-6,9-12H,2-3,7-8,13H2,1H3,(H,26,28). The van der Waals surface area contributed by atoms with Gasteiger partial charge in [0.1, 0.15) is 5.82 Å². The van der Waals surface area contributed by atoms with Gasteiger partial charge in [0, 0.05) is 23.8 Å². The zero-order chi connectivity index (χ0) is 19.7. The normalized spacial score (nSPS) is 14.5. The van der Waals surface area contributed by atoms with Gasteiger partial charge in [-0.15, -0.1) is 0 Å². The van der Waals surface area contributed by atoms with Crippen LogP contribution in [0.4, 0.5) is 10.1 Å². The number of fused-ring (bicyclic) bond motifs is 1. The van der Waals surface area contributed by atoms with Crippen molar-refractivity contribution in [1.82, 2.24) is 9.88 Å². The van der Waals surface area contributed by atoms with Gasteiger partial charge in [-0.05, 0) is 90.2 Å². The van der Waals surface area contributed by atoms with Crippen molar-refractivity contribution in [3.8, 4) is 0 Å². The van der Waals surface area contributed by atoms with E-state index in [-0.39, 0.29) is 10.0 Å². The number of halogens is 2. The first-order chi connectivity index (χ1) is 13.5. The summed E-state index contributed by atoms with van der Waals surface area (Å²) in [7, 11) is 0. The Kier molecular flexibility index (Phi) is 5.42. The van der Waals surface area contributed by atoms with Crippen LogP contribution in [0.3, 0.4) is 0 Å². The molecule has 1 aliphatic heterocycles. The van der Waals surface area contributed by atoms with Crippen molar-refractivity contribution in [3.63, 3.8) is 0 Å². The number of likely N-dealkylation sites (tertiary alicyclic amines) is 1. The van der Waals surface area contributed by atoms with Gasteiger partial charge in [0.05, 0.1) is 15.6 Å². The summed E-state index contributed by atoms with van der Waals surface area (Å²) in [5.74, 6) is -1.05. The summed E-state index contributed by atoms with van der Waals surface area (Å²) in [6.45, 7) is 5.14. The predicted octanol–water partition coefficient (Wildman–Crippen LogP) is 5.29. The van der Waals surface area contributed by atoms with Gasteiger partial charge in [0.25, 0.3) is 5.91 Å². The van der Waals surface area contributed by atoms with Crippen molar-refractivity contribution in [2.24, 2.45) is 0 Å². The predicted molar refractivity (Wildman–Crippen MR) is 113 cm³/mol. The molecule has 1 saturated heterocycles. The molecule has 4 nitrogen and oxygen atoms in total. The average Bonchev–Trinajstić information content (AvgIpc) is 3.17. The van der Waals surface area contributed by atoms with Crippen LogP contribution in [0.15, 0.2) is 47.1 Å². The molecule has 0 radical (unpaired) electrons. The van der Waals surface area contributed by atoms with Gasteiger partial charge < -0.3 is 5.32 Å². The van der Waals surface area contributed by atoms with E-state index in [0.717, 1.165) is 36.1 Å². The number of anilines is 1. The molecule has 144 valence electrons. The van der Waals surface area contributed by atoms with Crippen molar-refractivity contribution in [3.05, 3.63) is 69.6 Å². The van der Waals surface area contributed by atoms with Crippen LogP contribution in [-0.2, 0) is 6.54 Å². The Labute approximate surface area is 171 Å². The number of nitrogens with one attached hydrogen (secondary N) is 1. The summed E-state index contributed by atoms with van der Waals surface area (Å²) < 4.78 is 14.5. The fraction of sp³-hybridized carbons (Fsp3) is 0.273. The van der Waals surface area contributed by atoms with Gasteiger partial charge in [-0.25, -0.2) is 4.39 Å². The van der Waals surface area contributed by atoms with Crippen molar-refractivity contribution < 1.29 is 9.18 Å². The van der Waals surface area contributed by atoms with Crippen LogP contribution in [-0.4, -0.2) is 28.9 Å². The van der Waals surface area contributed by atoms with E-state index >= 15 is 0 Å². The summed E-state index contributed by atoms with van der Waals surface area (Å²) in [6.07, 6.45) is 4.43. The lowest BCUT2D eigenvalue weighted by Gasteiger charge is -2.15. The molecular formula is C22H21BrFN3O. The second-order valence-corrected chi connectivity index (χ2v) is 8.10. The molecule has 2 aromatic carbocycles. The summed E-state index contributed by atoms with van der Waals surface area (Å²) in [6, 6.07) is 10.7. The average molecular weight is 442 g/mol. The molecule has 0 atom stereocenters. The maximum atomic E-state index is 14.2. The third kappa shape index (κ3) is 3.93. The lowest BCUT2D eigenvalue weighted by atomic mass is 10.1. The van der Waals surface area contributed by atoms with Crippen LogP contribution >= 0.6 is 15.9 Å². The lowest BCUT2D eigenvalue weighted by Crippen LogP contribution is -2.18. The molecule has 1 N–H and O–H groups in total. The number of amides is 1. The Balaban J connectivity index is 1.58. The third-order valence-corrected chi connectivity index (χ3v) is 5.75. The molecule has 1 amide bonds. The first kappa shape index (κ1) is 19.0. The highest BCUT2D eigenvalue weighted by Crippen LogP contribution is 2.25. The number of nitrogens with zero attached hydrogens (tertiary/aromatic N) is 2. The Morgan fingerprint density at radius 2 is 2.04 bits per heavy atom. The van der Waals surface area contributed by atoms with E-state index in [2.05, 4.69) is 37.2 Å². The van der Waals surface area contributed by atoms with Crippen LogP contribution in [0.1, 0.15) is 34.3 Å². The third-order valence-electron chi connectivity index (χ3n) is 5.13. The van der Waals surface area contributed by atoms with Crippen LogP contribution in [0.25, 0.3) is 10.9 Å². The minimum atomic E-state index is -0.567. The van der Waals surface area contributed by atoms with E-state index in [1.54, 1.807) is 12.1 Å². The van der Waals surface area contributed by atoms with E-state index in [1.807, 2.05) is 25.3 Å². The van der Waals surface area contributed by atoms with E-state index in [0.29, 0.717) is 5.69 Å². The van der Waals surface area contributed by atoms with Crippen LogP contribution in [0, 0.1) is 12.7 Å². The minimum Gasteiger partial charge on any atom is -0.322 e. The highest BCUT2D eigenvalue weighted by molar-refractivity contribution is 9.10. The van der Waals surface area contributed by atoms with Gasteiger partial charge in [-0.3, -0.25) is 14.7 Å². The maximum absolute atomic E-state index is 14.2. The van der Waals surface area contributed by atoms with Crippen molar-refractivity contribution in [2.45, 2.75) is 26.3 Å². The first-order valence-corrected chi connectivity index (χ1v) is 10.2. The topological polar surface area (TPSA) is 45.2 Å². The first-order valence-electron chi connectivity index (χ1n) is 9.38. The Morgan fingerprint density at radius 3 is 2.82 bits per heavy atom. The van der Waals surface area contributed by atoms with Crippen LogP contribution in [0.2, 0.25) is 0 Å². The van der Waals surface area contributed by atoms with E-state index in [1.165, 1.54) is 24.5 Å². The summed E-state index contributed by atoms with van der Waals surface area (Å²) in [5, 5.41) is 3.85. The molecule has 6 heteroatoms. The number of hydrogen-bond donors (Lipinski definition) is 1. The monoisotopic (exact) mass is 441 g/mol. The fourth-order valence-corrected chi connectivity index (χ4v) is 3.99. The second kappa shape index (κ2) is 7.97. The molecule has 1 aromatic heterocycles. The molecule has 4 rings (SSSR count). The molecule has 0 spiro atoms. The summed E-state index contributed by atoms with van der Waals surface area (Å²) in [5.41, 5.74) is 3.55. The van der Waals surface area contributed by atoms with Crippen molar-refractivity contribution in [2.75, 3.05) is 18.4 Å². The van der Waals surface area contributed by atoms with Crippen LogP contribution < -0.4 is 5.32 Å². The van der Waals surface area contributed by atoms with Gasteiger partial charge >= 0.3 is 0 Å². The molecule has 3 aromatic rings. The molecule has 0 bridgehead atoms. The van der Waals surface area contributed by atoms with Crippen molar-refractivity contribution >= 4 is 38.4 Å². The largest absolute Gasteiger partial charge is 0.322 e. The highest BCUT2D eigenvalue weighted by Gasteiger charge is 2.16. The molecule has 0 saturated carbocycles. The van der Waals surface area contributed by atoms with Gasteiger partial charge in [-0.2, -0.15) is 0 Å². The molecular weight excluding hydrogens is 421 g/mol. The fourth-order valence-electron chi connectivity index (χ4n) is 3.62. The van der Waals surface area contributed by atoms with E-state index < -0.39 is 11.7 Å². The smallest absolute Gasteiger partial charge is 0.258 e. The SMILES string of the molecule is Cc1cc2cc(CN3CCCC3)cnc2cc1NC(=O)c1cccc(Br)c1F. The highest BCUT2D eigenvalue weighted by atomic mass is 79.9. The number of rotatable bonds is 4. The molecule has 1 fully saturated rings. The zero-order valence-electron chi connectivity index (χ0n) is 15.6. The number of aryl methyl sites for hydroxylation is 1. The molecule has 0 aliphatic carbocycles. The molecule has 1 aliphatic rings. The van der Waals surface area contributed by atoms with Gasteiger partial charge in [0.2, 0.25) is 0 Å². The van der Waals surface area contributed by atoms with Crippen LogP contribution in [0.5, 0.6) is 0 Å². The Bertz CT molecular complexity index is 1050. The quantitative estimate of drug-likeness (QED) is 0.597. The number of pyridine rings is 1. The molecule has 0 unspecified atom stereocenters. The molecule has 2 heterocycles. The number of carbonyl (C=O) groups is 1. The second-order valence-electron chi connectivity index (χ2n) is 7.24. The number of carbonyl (C=O) groups excluding carboxylic acids is 1. The van der Waals surface area contributed by atoms with Crippen molar-refractivity contribution in [1.29, 1.82) is 0 Å². The molecule has 28 heavy (non-hydrogen) atoms. The number of benzene rings is 2.